The summed E-state index contributed by atoms with van der Waals surface area (Å²) in [5, 5.41) is 8.58. The lowest BCUT2D eigenvalue weighted by Crippen LogP contribution is -2.76. The van der Waals surface area contributed by atoms with Crippen LogP contribution in [0.5, 0.6) is 0 Å². The fourth-order valence-corrected chi connectivity index (χ4v) is 5.19. The summed E-state index contributed by atoms with van der Waals surface area (Å²) < 4.78 is 362. The second-order valence-electron chi connectivity index (χ2n) is 15.5. The molecule has 0 rings (SSSR count). The molecule has 0 amide bonds. The fraction of sp³-hybridized carbons (Fsp3) is 1.00. The molecule has 0 unspecified atom stereocenters. The van der Waals surface area contributed by atoms with E-state index in [9.17, 15) is 92.2 Å². The van der Waals surface area contributed by atoms with Gasteiger partial charge in [-0.2, -0.15) is 92.2 Å². The molecule has 0 radical (unpaired) electrons. The molecule has 476 valence electrons. The Morgan fingerprint density at radius 3 is 0.481 bits per heavy atom. The number of halogens is 21. The molecule has 0 fully saturated rings. The van der Waals surface area contributed by atoms with Gasteiger partial charge in [-0.25, -0.2) is 0 Å². The van der Waals surface area contributed by atoms with E-state index in [2.05, 4.69) is 4.74 Å². The lowest BCUT2D eigenvalue weighted by molar-refractivity contribution is -0.474. The predicted octanol–water partition coefficient (Wildman–Crippen LogP) is 6.90. The lowest BCUT2D eigenvalue weighted by atomic mass is 9.86. The van der Waals surface area contributed by atoms with E-state index in [-0.39, 0.29) is 66.1 Å². The van der Waals surface area contributed by atoms with Gasteiger partial charge in [0.05, 0.1) is 205 Å². The van der Waals surface area contributed by atoms with Crippen LogP contribution in [-0.4, -0.2) is 269 Å². The van der Waals surface area contributed by atoms with Crippen molar-refractivity contribution in [2.75, 3.05) is 205 Å². The van der Waals surface area contributed by atoms with Crippen molar-refractivity contribution in [2.45, 2.75) is 65.9 Å². The summed E-state index contributed by atoms with van der Waals surface area (Å²) >= 11 is 0. The Balaban J connectivity index is 3.90. The van der Waals surface area contributed by atoms with Crippen LogP contribution < -0.4 is 0 Å². The average Bonchev–Trinajstić information content (AvgIpc) is 3.36. The monoisotopic (exact) mass is 1220 g/mol. The first-order chi connectivity index (χ1) is 36.8. The molecule has 0 aliphatic heterocycles. The van der Waals surface area contributed by atoms with Crippen molar-refractivity contribution in [1.82, 2.24) is 0 Å². The Bertz CT molecular complexity index is 1510. The topological polar surface area (TPSA) is 159 Å². The van der Waals surface area contributed by atoms with Gasteiger partial charge in [0.25, 0.3) is 0 Å². The molecular formula is C42H65F21O16. The highest BCUT2D eigenvalue weighted by molar-refractivity contribution is 5.18. The van der Waals surface area contributed by atoms with E-state index in [0.717, 1.165) is 0 Å². The molecule has 0 aliphatic rings. The second-order valence-corrected chi connectivity index (χ2v) is 15.5. The van der Waals surface area contributed by atoms with Crippen LogP contribution in [0.2, 0.25) is 0 Å². The van der Waals surface area contributed by atoms with Crippen molar-refractivity contribution in [3.63, 3.8) is 0 Å². The molecule has 0 spiro atoms. The Hall–Kier alpha value is -2.11. The van der Waals surface area contributed by atoms with Crippen molar-refractivity contribution in [2.24, 2.45) is 0 Å². The zero-order valence-corrected chi connectivity index (χ0v) is 42.1. The summed E-state index contributed by atoms with van der Waals surface area (Å²) in [6.07, 6.45) is -10.9. The van der Waals surface area contributed by atoms with Crippen molar-refractivity contribution in [3.8, 4) is 0 Å². The molecule has 0 aromatic heterocycles. The van der Waals surface area contributed by atoms with E-state index in [1.807, 2.05) is 0 Å². The molecule has 0 saturated carbocycles. The Morgan fingerprint density at radius 2 is 0.316 bits per heavy atom. The summed E-state index contributed by atoms with van der Waals surface area (Å²) in [5.74, 6) is -77.3. The van der Waals surface area contributed by atoms with E-state index in [0.29, 0.717) is 119 Å². The van der Waals surface area contributed by atoms with E-state index in [1.54, 1.807) is 0 Å². The van der Waals surface area contributed by atoms with E-state index < -0.39 is 85.7 Å². The minimum atomic E-state index is -9.22. The fourth-order valence-electron chi connectivity index (χ4n) is 5.19. The molecule has 0 bridgehead atoms. The van der Waals surface area contributed by atoms with Crippen LogP contribution in [-0.2, 0) is 71.1 Å². The molecule has 0 aromatic rings. The Labute approximate surface area is 439 Å². The Morgan fingerprint density at radius 1 is 0.177 bits per heavy atom. The van der Waals surface area contributed by atoms with Gasteiger partial charge < -0.3 is 76.2 Å². The molecule has 0 atom stereocenters. The highest BCUT2D eigenvalue weighted by Gasteiger charge is 2.97. The summed E-state index contributed by atoms with van der Waals surface area (Å²) in [6.45, 7) is 4.54. The van der Waals surface area contributed by atoms with Crippen molar-refractivity contribution in [3.05, 3.63) is 0 Å². The maximum atomic E-state index is 14.0. The number of ether oxygens (including phenoxy) is 15. The van der Waals surface area contributed by atoms with Gasteiger partial charge in [-0.3, -0.25) is 0 Å². The predicted molar refractivity (Wildman–Crippen MR) is 225 cm³/mol. The smallest absolute Gasteiger partial charge is 0.394 e. The number of aliphatic hydroxyl groups excluding tert-OH is 1. The zero-order valence-electron chi connectivity index (χ0n) is 42.1. The summed E-state index contributed by atoms with van der Waals surface area (Å²) in [7, 11) is 0. The largest absolute Gasteiger partial charge is 0.460 e. The molecule has 16 nitrogen and oxygen atoms in total. The number of alkyl halides is 21. The van der Waals surface area contributed by atoms with Gasteiger partial charge in [-0.05, 0) is 0 Å². The first kappa shape index (κ1) is 76.9. The average molecular weight is 1220 g/mol. The van der Waals surface area contributed by atoms with E-state index >= 15 is 0 Å². The highest BCUT2D eigenvalue weighted by atomic mass is 19.4. The van der Waals surface area contributed by atoms with Crippen molar-refractivity contribution >= 4 is 0 Å². The second kappa shape index (κ2) is 38.7. The van der Waals surface area contributed by atoms with Crippen molar-refractivity contribution < 1.29 is 168 Å². The van der Waals surface area contributed by atoms with Gasteiger partial charge >= 0.3 is 59.5 Å². The first-order valence-corrected chi connectivity index (χ1v) is 23.5. The van der Waals surface area contributed by atoms with Gasteiger partial charge in [0, 0.05) is 6.42 Å². The molecule has 0 aliphatic carbocycles. The van der Waals surface area contributed by atoms with Crippen LogP contribution in [0, 0.1) is 0 Å². The standard InChI is InChI=1S/C42H65F21O16/c43-33(44,34(45,46)35(47,48)36(49,50)37(51,52)38(53,54)39(55,56)40(57,58)41(59,60)42(61,62)63)1-3-65-5-7-67-9-11-69-13-15-71-17-19-73-21-23-75-25-27-77-29-31-79-32-30-78-28-26-76-24-22-74-20-18-72-16-14-70-12-10-68-8-6-66-4-2-64/h64H,1-32H2. The molecule has 0 saturated heterocycles. The minimum absolute atomic E-state index is 0.00970. The number of rotatable bonds is 55. The quantitative estimate of drug-likeness (QED) is 0.0495. The van der Waals surface area contributed by atoms with E-state index in [1.165, 1.54) is 0 Å². The number of hydrogen-bond acceptors (Lipinski definition) is 16. The third kappa shape index (κ3) is 25.3. The summed E-state index contributed by atoms with van der Waals surface area (Å²) in [6, 6.07) is 0. The Kier molecular flexibility index (Phi) is 37.7. The van der Waals surface area contributed by atoms with Gasteiger partial charge in [0.2, 0.25) is 0 Å². The third-order valence-corrected chi connectivity index (χ3v) is 9.58. The summed E-state index contributed by atoms with van der Waals surface area (Å²) in [4.78, 5) is 0. The van der Waals surface area contributed by atoms with Gasteiger partial charge in [0.1, 0.15) is 0 Å². The molecule has 1 N–H and O–H groups in total. The number of hydrogen-bond donors (Lipinski definition) is 1. The van der Waals surface area contributed by atoms with Crippen LogP contribution >= 0.6 is 0 Å². The molecule has 79 heavy (non-hydrogen) atoms. The molecule has 0 aromatic carbocycles. The van der Waals surface area contributed by atoms with Crippen LogP contribution in [0.1, 0.15) is 6.42 Å². The lowest BCUT2D eigenvalue weighted by Gasteiger charge is -2.44. The normalized spacial score (nSPS) is 14.1. The van der Waals surface area contributed by atoms with Gasteiger partial charge in [-0.1, -0.05) is 0 Å². The first-order valence-electron chi connectivity index (χ1n) is 23.5. The van der Waals surface area contributed by atoms with Gasteiger partial charge in [0.15, 0.2) is 0 Å². The van der Waals surface area contributed by atoms with Crippen LogP contribution in [0.15, 0.2) is 0 Å². The molecular weight excluding hydrogens is 1160 g/mol. The number of aliphatic hydroxyl groups is 1. The summed E-state index contributed by atoms with van der Waals surface area (Å²) in [5.41, 5.74) is 0. The van der Waals surface area contributed by atoms with Crippen molar-refractivity contribution in [1.29, 1.82) is 0 Å². The zero-order chi connectivity index (χ0) is 60.2. The van der Waals surface area contributed by atoms with Gasteiger partial charge in [-0.15, -0.1) is 0 Å². The minimum Gasteiger partial charge on any atom is -0.394 e. The molecule has 37 heteroatoms. The highest BCUT2D eigenvalue weighted by Crippen LogP contribution is 2.66. The maximum absolute atomic E-state index is 14.0. The van der Waals surface area contributed by atoms with Crippen LogP contribution in [0.3, 0.4) is 0 Å². The molecule has 0 heterocycles. The third-order valence-electron chi connectivity index (χ3n) is 9.58. The SMILES string of the molecule is OCCOCCOCCOCCOCCOCCOCCOCCOCCOCCOCCOCCOCCOCCOCCOCCC(F)(F)C(F)(F)C(F)(F)C(F)(F)C(F)(F)C(F)(F)C(F)(F)C(F)(F)C(F)(F)C(F)(F)F. The van der Waals surface area contributed by atoms with Crippen LogP contribution in [0.25, 0.3) is 0 Å². The maximum Gasteiger partial charge on any atom is 0.460 e. The van der Waals surface area contributed by atoms with E-state index in [4.69, 9.17) is 71.4 Å². The van der Waals surface area contributed by atoms with Crippen LogP contribution in [0.4, 0.5) is 92.2 Å².